The molecule has 0 fully saturated rings. The number of nitrogens with two attached hydrogens (primary N) is 1. The Labute approximate surface area is 122 Å². The summed E-state index contributed by atoms with van der Waals surface area (Å²) in [5, 5.41) is 9.23. The standard InChI is InChI=1S/C16H13N3O2/c1-2-8-21-16-14(15(18)20)12(10-17)9-13(19-16)11-6-4-3-5-7-11/h2-7,9H,1,8H2,(H2,18,20). The van der Waals surface area contributed by atoms with Gasteiger partial charge < -0.3 is 10.5 Å². The first-order valence-corrected chi connectivity index (χ1v) is 6.21. The van der Waals surface area contributed by atoms with Crippen molar-refractivity contribution in [3.63, 3.8) is 0 Å². The lowest BCUT2D eigenvalue weighted by molar-refractivity contribution is 0.0996. The number of hydrogen-bond donors (Lipinski definition) is 1. The summed E-state index contributed by atoms with van der Waals surface area (Å²) >= 11 is 0. The van der Waals surface area contributed by atoms with Crippen molar-refractivity contribution in [1.29, 1.82) is 5.26 Å². The number of aromatic nitrogens is 1. The third-order valence-corrected chi connectivity index (χ3v) is 2.76. The van der Waals surface area contributed by atoms with Gasteiger partial charge in [-0.3, -0.25) is 4.79 Å². The van der Waals surface area contributed by atoms with E-state index in [1.165, 1.54) is 12.1 Å². The van der Waals surface area contributed by atoms with Gasteiger partial charge in [0.25, 0.3) is 5.91 Å². The molecule has 1 amide bonds. The lowest BCUT2D eigenvalue weighted by Gasteiger charge is -2.11. The van der Waals surface area contributed by atoms with E-state index in [1.54, 1.807) is 0 Å². The van der Waals surface area contributed by atoms with Crippen LogP contribution in [0.15, 0.2) is 49.1 Å². The second-order valence-corrected chi connectivity index (χ2v) is 4.18. The summed E-state index contributed by atoms with van der Waals surface area (Å²) in [4.78, 5) is 15.8. The number of primary amides is 1. The van der Waals surface area contributed by atoms with Crippen molar-refractivity contribution in [2.45, 2.75) is 0 Å². The highest BCUT2D eigenvalue weighted by atomic mass is 16.5. The minimum atomic E-state index is -0.752. The number of hydrogen-bond acceptors (Lipinski definition) is 4. The molecule has 2 rings (SSSR count). The summed E-state index contributed by atoms with van der Waals surface area (Å²) in [6, 6.07) is 12.8. The number of amides is 1. The van der Waals surface area contributed by atoms with Gasteiger partial charge in [-0.05, 0) is 6.07 Å². The fraction of sp³-hybridized carbons (Fsp3) is 0.0625. The topological polar surface area (TPSA) is 89.0 Å². The molecule has 21 heavy (non-hydrogen) atoms. The molecule has 0 aliphatic rings. The van der Waals surface area contributed by atoms with Crippen molar-refractivity contribution in [2.75, 3.05) is 6.61 Å². The molecule has 5 nitrogen and oxygen atoms in total. The quantitative estimate of drug-likeness (QED) is 0.850. The molecule has 0 saturated heterocycles. The monoisotopic (exact) mass is 279 g/mol. The Kier molecular flexibility index (Phi) is 4.32. The normalized spacial score (nSPS) is 9.67. The molecule has 0 spiro atoms. The maximum absolute atomic E-state index is 11.5. The largest absolute Gasteiger partial charge is 0.473 e. The molecular weight excluding hydrogens is 266 g/mol. The summed E-state index contributed by atoms with van der Waals surface area (Å²) in [7, 11) is 0. The van der Waals surface area contributed by atoms with Crippen LogP contribution in [0.5, 0.6) is 5.88 Å². The van der Waals surface area contributed by atoms with E-state index >= 15 is 0 Å². The fourth-order valence-corrected chi connectivity index (χ4v) is 1.85. The van der Waals surface area contributed by atoms with Gasteiger partial charge in [0.05, 0.1) is 11.3 Å². The molecule has 0 saturated carbocycles. The lowest BCUT2D eigenvalue weighted by atomic mass is 10.1. The second-order valence-electron chi connectivity index (χ2n) is 4.18. The van der Waals surface area contributed by atoms with E-state index in [0.717, 1.165) is 5.56 Å². The van der Waals surface area contributed by atoms with Gasteiger partial charge in [0.2, 0.25) is 5.88 Å². The molecule has 0 atom stereocenters. The van der Waals surface area contributed by atoms with Crippen LogP contribution in [0.2, 0.25) is 0 Å². The first-order chi connectivity index (χ1) is 10.2. The van der Waals surface area contributed by atoms with Crippen LogP contribution < -0.4 is 10.5 Å². The Hall–Kier alpha value is -3.13. The van der Waals surface area contributed by atoms with Crippen LogP contribution in [0.4, 0.5) is 0 Å². The molecular formula is C16H13N3O2. The van der Waals surface area contributed by atoms with Crippen LogP contribution in [-0.4, -0.2) is 17.5 Å². The summed E-state index contributed by atoms with van der Waals surface area (Å²) < 4.78 is 5.37. The maximum Gasteiger partial charge on any atom is 0.255 e. The van der Waals surface area contributed by atoms with E-state index in [-0.39, 0.29) is 23.6 Å². The summed E-state index contributed by atoms with van der Waals surface area (Å²) in [5.74, 6) is -0.710. The predicted molar refractivity (Wildman–Crippen MR) is 78.6 cm³/mol. The molecule has 0 aliphatic heterocycles. The highest BCUT2D eigenvalue weighted by Gasteiger charge is 2.19. The van der Waals surface area contributed by atoms with Gasteiger partial charge in [-0.25, -0.2) is 4.98 Å². The van der Waals surface area contributed by atoms with E-state index in [0.29, 0.717) is 5.69 Å². The number of carbonyl (C=O) groups is 1. The first-order valence-electron chi connectivity index (χ1n) is 6.21. The molecule has 1 heterocycles. The van der Waals surface area contributed by atoms with Crippen molar-refractivity contribution < 1.29 is 9.53 Å². The Bertz CT molecular complexity index is 718. The minimum absolute atomic E-state index is 0.0148. The maximum atomic E-state index is 11.5. The van der Waals surface area contributed by atoms with E-state index in [2.05, 4.69) is 11.6 Å². The molecule has 0 radical (unpaired) electrons. The van der Waals surface area contributed by atoms with Crippen molar-refractivity contribution in [3.05, 3.63) is 60.2 Å². The summed E-state index contributed by atoms with van der Waals surface area (Å²) in [6.07, 6.45) is 1.52. The molecule has 1 aromatic carbocycles. The van der Waals surface area contributed by atoms with Crippen LogP contribution >= 0.6 is 0 Å². The Morgan fingerprint density at radius 2 is 2.14 bits per heavy atom. The van der Waals surface area contributed by atoms with Gasteiger partial charge in [0.1, 0.15) is 18.2 Å². The number of nitrogens with zero attached hydrogens (tertiary/aromatic N) is 2. The zero-order valence-electron chi connectivity index (χ0n) is 11.2. The van der Waals surface area contributed by atoms with Crippen molar-refractivity contribution >= 4 is 5.91 Å². The SMILES string of the molecule is C=CCOc1nc(-c2ccccc2)cc(C#N)c1C(N)=O. The Balaban J connectivity index is 2.63. The smallest absolute Gasteiger partial charge is 0.255 e. The molecule has 104 valence electrons. The molecule has 2 N–H and O–H groups in total. The second kappa shape index (κ2) is 6.35. The van der Waals surface area contributed by atoms with Crippen molar-refractivity contribution in [2.24, 2.45) is 5.73 Å². The number of ether oxygens (including phenoxy) is 1. The van der Waals surface area contributed by atoms with Gasteiger partial charge in [-0.15, -0.1) is 0 Å². The van der Waals surface area contributed by atoms with Gasteiger partial charge in [0.15, 0.2) is 0 Å². The third kappa shape index (κ3) is 3.07. The van der Waals surface area contributed by atoms with Crippen LogP contribution in [0.1, 0.15) is 15.9 Å². The molecule has 0 unspecified atom stereocenters. The molecule has 1 aromatic heterocycles. The van der Waals surface area contributed by atoms with Crippen molar-refractivity contribution in [1.82, 2.24) is 4.98 Å². The molecule has 0 bridgehead atoms. The van der Waals surface area contributed by atoms with E-state index in [9.17, 15) is 10.1 Å². The zero-order valence-corrected chi connectivity index (χ0v) is 11.2. The van der Waals surface area contributed by atoms with E-state index in [4.69, 9.17) is 10.5 Å². The highest BCUT2D eigenvalue weighted by molar-refractivity contribution is 5.98. The Morgan fingerprint density at radius 3 is 2.71 bits per heavy atom. The number of nitriles is 1. The Morgan fingerprint density at radius 1 is 1.43 bits per heavy atom. The zero-order chi connectivity index (χ0) is 15.2. The van der Waals surface area contributed by atoms with Gasteiger partial charge in [-0.2, -0.15) is 5.26 Å². The van der Waals surface area contributed by atoms with Crippen LogP contribution in [0.25, 0.3) is 11.3 Å². The number of benzene rings is 1. The molecule has 0 aliphatic carbocycles. The van der Waals surface area contributed by atoms with E-state index in [1.807, 2.05) is 36.4 Å². The number of pyridine rings is 1. The predicted octanol–water partition coefficient (Wildman–Crippen LogP) is 2.28. The fourth-order valence-electron chi connectivity index (χ4n) is 1.85. The third-order valence-electron chi connectivity index (χ3n) is 2.76. The van der Waals surface area contributed by atoms with Crippen molar-refractivity contribution in [3.8, 4) is 23.2 Å². The first kappa shape index (κ1) is 14.3. The lowest BCUT2D eigenvalue weighted by Crippen LogP contribution is -2.16. The minimum Gasteiger partial charge on any atom is -0.473 e. The van der Waals surface area contributed by atoms with E-state index < -0.39 is 5.91 Å². The molecule has 5 heteroatoms. The van der Waals surface area contributed by atoms with Crippen LogP contribution in [-0.2, 0) is 0 Å². The average molecular weight is 279 g/mol. The summed E-state index contributed by atoms with van der Waals surface area (Å²) in [6.45, 7) is 3.70. The highest BCUT2D eigenvalue weighted by Crippen LogP contribution is 2.26. The average Bonchev–Trinajstić information content (AvgIpc) is 2.52. The van der Waals surface area contributed by atoms with Crippen LogP contribution in [0.3, 0.4) is 0 Å². The van der Waals surface area contributed by atoms with Crippen LogP contribution in [0, 0.1) is 11.3 Å². The molecule has 2 aromatic rings. The van der Waals surface area contributed by atoms with Gasteiger partial charge in [-0.1, -0.05) is 43.0 Å². The summed E-state index contributed by atoms with van der Waals surface area (Å²) in [5.41, 5.74) is 6.79. The van der Waals surface area contributed by atoms with Gasteiger partial charge in [0, 0.05) is 5.56 Å². The number of rotatable bonds is 5. The van der Waals surface area contributed by atoms with Gasteiger partial charge >= 0.3 is 0 Å². The number of carbonyl (C=O) groups excluding carboxylic acids is 1.